The average Bonchev–Trinajstić information content (AvgIpc) is 3.38. The minimum absolute atomic E-state index is 0.00952. The topological polar surface area (TPSA) is 102 Å². The lowest BCUT2D eigenvalue weighted by Crippen LogP contribution is -2.37. The third-order valence-electron chi connectivity index (χ3n) is 5.85. The van der Waals surface area contributed by atoms with Gasteiger partial charge in [0.05, 0.1) is 6.10 Å². The third kappa shape index (κ3) is 7.09. The number of benzene rings is 3. The molecule has 0 saturated carbocycles. The molecule has 3 aromatic carbocycles. The van der Waals surface area contributed by atoms with Crippen LogP contribution in [0.5, 0.6) is 5.75 Å². The summed E-state index contributed by atoms with van der Waals surface area (Å²) in [5.74, 6) is -1.29. The Bertz CT molecular complexity index is 1430. The summed E-state index contributed by atoms with van der Waals surface area (Å²) in [7, 11) is -4.26. The molecule has 200 valence electrons. The maximum Gasteiger partial charge on any atom is 0.339 e. The number of carbonyl (C=O) groups excluding carboxylic acids is 2. The van der Waals surface area contributed by atoms with E-state index in [2.05, 4.69) is 5.32 Å². The van der Waals surface area contributed by atoms with Gasteiger partial charge in [0.2, 0.25) is 5.91 Å². The van der Waals surface area contributed by atoms with Crippen molar-refractivity contribution in [3.8, 4) is 5.75 Å². The van der Waals surface area contributed by atoms with Crippen molar-refractivity contribution in [2.75, 3.05) is 18.5 Å². The van der Waals surface area contributed by atoms with E-state index in [1.54, 1.807) is 0 Å². The van der Waals surface area contributed by atoms with E-state index in [9.17, 15) is 22.4 Å². The molecule has 8 nitrogen and oxygen atoms in total. The van der Waals surface area contributed by atoms with Gasteiger partial charge in [0.25, 0.3) is 5.91 Å². The Morgan fingerprint density at radius 3 is 2.55 bits per heavy atom. The summed E-state index contributed by atoms with van der Waals surface area (Å²) < 4.78 is 51.1. The van der Waals surface area contributed by atoms with Crippen molar-refractivity contribution in [3.05, 3.63) is 88.7 Å². The Hall–Kier alpha value is -3.47. The Morgan fingerprint density at radius 1 is 1.13 bits per heavy atom. The molecule has 1 aliphatic heterocycles. The van der Waals surface area contributed by atoms with Crippen LogP contribution >= 0.6 is 11.6 Å². The summed E-state index contributed by atoms with van der Waals surface area (Å²) >= 11 is 6.22. The molecule has 11 heteroatoms. The van der Waals surface area contributed by atoms with Gasteiger partial charge in [-0.25, -0.2) is 4.39 Å². The lowest BCUT2D eigenvalue weighted by atomic mass is 10.1. The van der Waals surface area contributed by atoms with Gasteiger partial charge in [0, 0.05) is 48.5 Å². The summed E-state index contributed by atoms with van der Waals surface area (Å²) in [6.07, 6.45) is 1.41. The number of nitrogens with zero attached hydrogens (tertiary/aromatic N) is 1. The van der Waals surface area contributed by atoms with Gasteiger partial charge >= 0.3 is 10.1 Å². The van der Waals surface area contributed by atoms with Gasteiger partial charge in [-0.3, -0.25) is 9.59 Å². The Kier molecular flexibility index (Phi) is 8.65. The van der Waals surface area contributed by atoms with Crippen molar-refractivity contribution in [2.45, 2.75) is 37.3 Å². The first kappa shape index (κ1) is 27.6. The molecule has 0 bridgehead atoms. The highest BCUT2D eigenvalue weighted by Gasteiger charge is 2.26. The molecule has 3 aromatic rings. The summed E-state index contributed by atoms with van der Waals surface area (Å²) in [5, 5.41) is 2.89. The molecule has 0 unspecified atom stereocenters. The molecule has 1 heterocycles. The first-order chi connectivity index (χ1) is 18.1. The van der Waals surface area contributed by atoms with E-state index in [1.165, 1.54) is 72.5 Å². The zero-order valence-corrected chi connectivity index (χ0v) is 22.1. The smallest absolute Gasteiger partial charge is 0.339 e. The highest BCUT2D eigenvalue weighted by Crippen LogP contribution is 2.29. The molecule has 0 aromatic heterocycles. The number of nitrogens with one attached hydrogen (secondary N) is 1. The van der Waals surface area contributed by atoms with Crippen LogP contribution in [0.2, 0.25) is 5.02 Å². The number of hydrogen-bond donors (Lipinski definition) is 1. The zero-order chi connectivity index (χ0) is 27.3. The lowest BCUT2D eigenvalue weighted by molar-refractivity contribution is -0.114. The molecule has 1 fully saturated rings. The Balaban J connectivity index is 1.61. The van der Waals surface area contributed by atoms with Crippen LogP contribution in [0.25, 0.3) is 0 Å². The second-order valence-corrected chi connectivity index (χ2v) is 10.8. The number of anilines is 1. The van der Waals surface area contributed by atoms with Crippen LogP contribution in [0.15, 0.2) is 71.6 Å². The van der Waals surface area contributed by atoms with E-state index < -0.39 is 21.8 Å². The van der Waals surface area contributed by atoms with Crippen molar-refractivity contribution < 1.29 is 31.3 Å². The van der Waals surface area contributed by atoms with Gasteiger partial charge in [0.1, 0.15) is 16.5 Å². The quantitative estimate of drug-likeness (QED) is 0.368. The first-order valence-electron chi connectivity index (χ1n) is 11.9. The highest BCUT2D eigenvalue weighted by atomic mass is 35.5. The number of hydrogen-bond acceptors (Lipinski definition) is 6. The van der Waals surface area contributed by atoms with Gasteiger partial charge < -0.3 is 19.1 Å². The van der Waals surface area contributed by atoms with Crippen molar-refractivity contribution >= 4 is 39.2 Å². The summed E-state index contributed by atoms with van der Waals surface area (Å²) in [5.41, 5.74) is 0.933. The predicted molar refractivity (Wildman–Crippen MR) is 140 cm³/mol. The van der Waals surface area contributed by atoms with Crippen LogP contribution in [0.1, 0.15) is 35.7 Å². The molecule has 4 rings (SSSR count). The second-order valence-electron chi connectivity index (χ2n) is 8.83. The fourth-order valence-electron chi connectivity index (χ4n) is 4.09. The van der Waals surface area contributed by atoms with Crippen LogP contribution in [0.4, 0.5) is 10.1 Å². The van der Waals surface area contributed by atoms with E-state index in [4.69, 9.17) is 20.5 Å². The molecule has 1 saturated heterocycles. The van der Waals surface area contributed by atoms with Gasteiger partial charge in [-0.2, -0.15) is 8.42 Å². The monoisotopic (exact) mass is 560 g/mol. The van der Waals surface area contributed by atoms with Crippen LogP contribution < -0.4 is 9.50 Å². The van der Waals surface area contributed by atoms with Crippen molar-refractivity contribution in [1.82, 2.24) is 4.90 Å². The van der Waals surface area contributed by atoms with Crippen LogP contribution in [0.3, 0.4) is 0 Å². The van der Waals surface area contributed by atoms with Gasteiger partial charge in [-0.15, -0.1) is 0 Å². The fourth-order valence-corrected chi connectivity index (χ4v) is 5.25. The molecule has 0 aliphatic carbocycles. The molecule has 0 radical (unpaired) electrons. The molecule has 1 aliphatic rings. The van der Waals surface area contributed by atoms with E-state index in [-0.39, 0.29) is 41.3 Å². The van der Waals surface area contributed by atoms with Gasteiger partial charge in [-0.1, -0.05) is 17.7 Å². The molecule has 0 spiro atoms. The number of ether oxygens (including phenoxy) is 1. The third-order valence-corrected chi connectivity index (χ3v) is 7.34. The van der Waals surface area contributed by atoms with E-state index in [1.807, 2.05) is 0 Å². The van der Waals surface area contributed by atoms with Crippen LogP contribution in [-0.2, 0) is 26.2 Å². The summed E-state index contributed by atoms with van der Waals surface area (Å²) in [4.78, 5) is 26.0. The van der Waals surface area contributed by atoms with E-state index in [0.29, 0.717) is 22.9 Å². The van der Waals surface area contributed by atoms with Crippen molar-refractivity contribution in [1.29, 1.82) is 0 Å². The SMILES string of the molecule is CC(=O)Nc1ccc(S(=O)(=O)Oc2ccc(Cl)cc2CN(C[C@@H]2CCCO2)C(=O)c2cccc(F)c2)cc1. The molecule has 1 atom stereocenters. The molecule has 1 N–H and O–H groups in total. The van der Waals surface area contributed by atoms with E-state index >= 15 is 0 Å². The van der Waals surface area contributed by atoms with Crippen LogP contribution in [-0.4, -0.2) is 44.4 Å². The number of amides is 2. The normalized spacial score (nSPS) is 15.2. The van der Waals surface area contributed by atoms with Gasteiger partial charge in [0.15, 0.2) is 0 Å². The zero-order valence-electron chi connectivity index (χ0n) is 20.5. The largest absolute Gasteiger partial charge is 0.379 e. The molecule has 2 amide bonds. The second kappa shape index (κ2) is 11.9. The average molecular weight is 561 g/mol. The predicted octanol–water partition coefficient (Wildman–Crippen LogP) is 5.03. The fraction of sp³-hybridized carbons (Fsp3) is 0.259. The standard InChI is InChI=1S/C27H26ClFN2O6S/c1-18(32)30-23-8-10-25(11-9-23)38(34,35)37-26-12-7-21(28)14-20(26)16-31(17-24-6-3-13-36-24)27(33)19-4-2-5-22(29)15-19/h2,4-5,7-12,14-15,24H,3,6,13,16-17H2,1H3,(H,30,32)/t24-/m0/s1. The minimum Gasteiger partial charge on any atom is -0.379 e. The molecular formula is C27H26ClFN2O6S. The summed E-state index contributed by atoms with van der Waals surface area (Å²) in [6, 6.07) is 15.3. The first-order valence-corrected chi connectivity index (χ1v) is 13.7. The number of rotatable bonds is 9. The maximum absolute atomic E-state index is 13.9. The van der Waals surface area contributed by atoms with Gasteiger partial charge in [-0.05, 0) is 73.5 Å². The summed E-state index contributed by atoms with van der Waals surface area (Å²) in [6.45, 7) is 2.09. The van der Waals surface area contributed by atoms with E-state index in [0.717, 1.165) is 18.9 Å². The van der Waals surface area contributed by atoms with Crippen LogP contribution in [0, 0.1) is 5.82 Å². The molecular weight excluding hydrogens is 535 g/mol. The number of carbonyl (C=O) groups is 2. The van der Waals surface area contributed by atoms with Crippen molar-refractivity contribution in [2.24, 2.45) is 0 Å². The van der Waals surface area contributed by atoms with Crippen molar-refractivity contribution in [3.63, 3.8) is 0 Å². The molecule has 38 heavy (non-hydrogen) atoms. The highest BCUT2D eigenvalue weighted by molar-refractivity contribution is 7.87. The minimum atomic E-state index is -4.26. The lowest BCUT2D eigenvalue weighted by Gasteiger charge is -2.26. The number of halogens is 2. The maximum atomic E-state index is 13.9. The Morgan fingerprint density at radius 2 is 1.89 bits per heavy atom. The Labute approximate surface area is 225 Å².